The zero-order chi connectivity index (χ0) is 14.7. The number of rotatable bonds is 4. The van der Waals surface area contributed by atoms with Gasteiger partial charge in [0.15, 0.2) is 0 Å². The van der Waals surface area contributed by atoms with Crippen LogP contribution in [-0.2, 0) is 0 Å². The second-order valence-corrected chi connectivity index (χ2v) is 4.78. The first-order chi connectivity index (χ1) is 9.47. The van der Waals surface area contributed by atoms with E-state index < -0.39 is 10.8 Å². The molecular weight excluding hydrogens is 328 g/mol. The van der Waals surface area contributed by atoms with Crippen LogP contribution in [0.1, 0.15) is 10.4 Å². The fraction of sp³-hybridized carbons (Fsp3) is 0. The Bertz CT molecular complexity index is 671. The van der Waals surface area contributed by atoms with Crippen molar-refractivity contribution in [3.63, 3.8) is 0 Å². The number of halogens is 1. The maximum absolute atomic E-state index is 11.0. The molecule has 0 aliphatic rings. The first kappa shape index (κ1) is 14.0. The monoisotopic (exact) mass is 336 g/mol. The number of benzene rings is 2. The molecule has 0 heterocycles. The molecule has 0 aromatic heterocycles. The van der Waals surface area contributed by atoms with Gasteiger partial charge in [-0.3, -0.25) is 14.9 Å². The number of hydrogen-bond acceptors (Lipinski definition) is 4. The normalized spacial score (nSPS) is 10.1. The summed E-state index contributed by atoms with van der Waals surface area (Å²) in [4.78, 5) is 21.4. The van der Waals surface area contributed by atoms with Crippen LogP contribution in [0.4, 0.5) is 5.69 Å². The third-order valence-electron chi connectivity index (χ3n) is 2.48. The molecule has 0 aliphatic heterocycles. The number of carbonyl (C=O) groups is 1. The van der Waals surface area contributed by atoms with Gasteiger partial charge in [0, 0.05) is 16.1 Å². The second kappa shape index (κ2) is 5.70. The Morgan fingerprint density at radius 2 is 1.85 bits per heavy atom. The van der Waals surface area contributed by atoms with E-state index in [1.54, 1.807) is 24.3 Å². The van der Waals surface area contributed by atoms with Crippen LogP contribution in [0.3, 0.4) is 0 Å². The summed E-state index contributed by atoms with van der Waals surface area (Å²) in [5.74, 6) is -0.242. The summed E-state index contributed by atoms with van der Waals surface area (Å²) in [6, 6.07) is 10.6. The fourth-order valence-electron chi connectivity index (χ4n) is 1.53. The SMILES string of the molecule is NC(=O)c1ccc(Oc2ccc(Br)cc2)c([N+](=O)[O-])c1. The number of nitrogens with two attached hydrogens (primary N) is 1. The smallest absolute Gasteiger partial charge is 0.312 e. The number of nitro groups is 1. The molecule has 0 bridgehead atoms. The summed E-state index contributed by atoms with van der Waals surface area (Å²) in [5.41, 5.74) is 4.83. The molecule has 2 aromatic carbocycles. The van der Waals surface area contributed by atoms with Gasteiger partial charge in [0.1, 0.15) is 5.75 Å². The van der Waals surface area contributed by atoms with Crippen LogP contribution in [0.2, 0.25) is 0 Å². The first-order valence-electron chi connectivity index (χ1n) is 5.49. The molecule has 6 nitrogen and oxygen atoms in total. The minimum absolute atomic E-state index is 0.0438. The van der Waals surface area contributed by atoms with Crippen LogP contribution in [0.5, 0.6) is 11.5 Å². The van der Waals surface area contributed by atoms with E-state index in [0.717, 1.165) is 10.5 Å². The Kier molecular flexibility index (Phi) is 3.99. The van der Waals surface area contributed by atoms with Gasteiger partial charge in [-0.05, 0) is 36.4 Å². The van der Waals surface area contributed by atoms with Crippen LogP contribution in [0.25, 0.3) is 0 Å². The van der Waals surface area contributed by atoms with E-state index in [-0.39, 0.29) is 17.0 Å². The predicted octanol–water partition coefficient (Wildman–Crippen LogP) is 3.25. The quantitative estimate of drug-likeness (QED) is 0.684. The van der Waals surface area contributed by atoms with E-state index in [4.69, 9.17) is 10.5 Å². The number of nitro benzene ring substituents is 1. The highest BCUT2D eigenvalue weighted by Crippen LogP contribution is 2.32. The van der Waals surface area contributed by atoms with Crippen LogP contribution >= 0.6 is 15.9 Å². The molecule has 0 unspecified atom stereocenters. The van der Waals surface area contributed by atoms with Gasteiger partial charge >= 0.3 is 5.69 Å². The maximum Gasteiger partial charge on any atom is 0.312 e. The van der Waals surface area contributed by atoms with Gasteiger partial charge in [-0.2, -0.15) is 0 Å². The van der Waals surface area contributed by atoms with Crippen molar-refractivity contribution in [2.75, 3.05) is 0 Å². The predicted molar refractivity (Wildman–Crippen MR) is 75.8 cm³/mol. The highest BCUT2D eigenvalue weighted by molar-refractivity contribution is 9.10. The molecule has 0 saturated carbocycles. The molecule has 0 spiro atoms. The summed E-state index contributed by atoms with van der Waals surface area (Å²) in [6.45, 7) is 0. The fourth-order valence-corrected chi connectivity index (χ4v) is 1.79. The molecule has 2 N–H and O–H groups in total. The standard InChI is InChI=1S/C13H9BrN2O4/c14-9-2-4-10(5-3-9)20-12-6-1-8(13(15)17)7-11(12)16(18)19/h1-7H,(H2,15,17). The zero-order valence-electron chi connectivity index (χ0n) is 10.1. The van der Waals surface area contributed by atoms with Crippen molar-refractivity contribution in [3.05, 3.63) is 62.6 Å². The van der Waals surface area contributed by atoms with Gasteiger partial charge in [-0.1, -0.05) is 15.9 Å². The largest absolute Gasteiger partial charge is 0.450 e. The summed E-state index contributed by atoms with van der Waals surface area (Å²) in [5, 5.41) is 11.0. The lowest BCUT2D eigenvalue weighted by molar-refractivity contribution is -0.385. The second-order valence-electron chi connectivity index (χ2n) is 3.86. The third kappa shape index (κ3) is 3.12. The lowest BCUT2D eigenvalue weighted by Crippen LogP contribution is -2.11. The van der Waals surface area contributed by atoms with Gasteiger partial charge < -0.3 is 10.5 Å². The Labute approximate surface area is 122 Å². The number of nitrogens with zero attached hydrogens (tertiary/aromatic N) is 1. The minimum Gasteiger partial charge on any atom is -0.450 e. The summed E-state index contributed by atoms with van der Waals surface area (Å²) in [6.07, 6.45) is 0. The molecule has 102 valence electrons. The van der Waals surface area contributed by atoms with Crippen molar-refractivity contribution in [1.29, 1.82) is 0 Å². The highest BCUT2D eigenvalue weighted by Gasteiger charge is 2.18. The molecule has 0 aliphatic carbocycles. The Morgan fingerprint density at radius 3 is 2.40 bits per heavy atom. The molecule has 7 heteroatoms. The van der Waals surface area contributed by atoms with Gasteiger partial charge in [0.05, 0.1) is 4.92 Å². The molecule has 20 heavy (non-hydrogen) atoms. The Hall–Kier alpha value is -2.41. The molecule has 1 amide bonds. The van der Waals surface area contributed by atoms with Crippen molar-refractivity contribution in [3.8, 4) is 11.5 Å². The molecule has 2 rings (SSSR count). The highest BCUT2D eigenvalue weighted by atomic mass is 79.9. The summed E-state index contributed by atoms with van der Waals surface area (Å²) in [7, 11) is 0. The van der Waals surface area contributed by atoms with Crippen molar-refractivity contribution in [1.82, 2.24) is 0 Å². The summed E-state index contributed by atoms with van der Waals surface area (Å²) < 4.78 is 6.31. The van der Waals surface area contributed by atoms with Crippen LogP contribution in [-0.4, -0.2) is 10.8 Å². The van der Waals surface area contributed by atoms with Gasteiger partial charge in [-0.25, -0.2) is 0 Å². The van der Waals surface area contributed by atoms with E-state index in [0.29, 0.717) is 5.75 Å². The Morgan fingerprint density at radius 1 is 1.20 bits per heavy atom. The summed E-state index contributed by atoms with van der Waals surface area (Å²) >= 11 is 3.28. The molecule has 0 fully saturated rings. The van der Waals surface area contributed by atoms with Crippen LogP contribution in [0, 0.1) is 10.1 Å². The third-order valence-corrected chi connectivity index (χ3v) is 3.01. The van der Waals surface area contributed by atoms with E-state index in [1.165, 1.54) is 12.1 Å². The number of carbonyl (C=O) groups excluding carboxylic acids is 1. The Balaban J connectivity index is 2.38. The van der Waals surface area contributed by atoms with Crippen molar-refractivity contribution in [2.24, 2.45) is 5.73 Å². The number of hydrogen-bond donors (Lipinski definition) is 1. The van der Waals surface area contributed by atoms with Gasteiger partial charge in [0.25, 0.3) is 0 Å². The average Bonchev–Trinajstić information content (AvgIpc) is 2.41. The lowest BCUT2D eigenvalue weighted by atomic mass is 10.2. The molecule has 2 aromatic rings. The average molecular weight is 337 g/mol. The van der Waals surface area contributed by atoms with E-state index in [1.807, 2.05) is 0 Å². The topological polar surface area (TPSA) is 95.5 Å². The van der Waals surface area contributed by atoms with Crippen molar-refractivity contribution >= 4 is 27.5 Å². The number of primary amides is 1. The van der Waals surface area contributed by atoms with Crippen LogP contribution in [0.15, 0.2) is 46.9 Å². The minimum atomic E-state index is -0.733. The van der Waals surface area contributed by atoms with Gasteiger partial charge in [0.2, 0.25) is 11.7 Å². The van der Waals surface area contributed by atoms with E-state index >= 15 is 0 Å². The lowest BCUT2D eigenvalue weighted by Gasteiger charge is -2.07. The van der Waals surface area contributed by atoms with Crippen molar-refractivity contribution in [2.45, 2.75) is 0 Å². The molecule has 0 saturated heterocycles. The zero-order valence-corrected chi connectivity index (χ0v) is 11.7. The molecule has 0 atom stereocenters. The maximum atomic E-state index is 11.0. The van der Waals surface area contributed by atoms with Crippen LogP contribution < -0.4 is 10.5 Å². The van der Waals surface area contributed by atoms with Gasteiger partial charge in [-0.15, -0.1) is 0 Å². The van der Waals surface area contributed by atoms with Crippen molar-refractivity contribution < 1.29 is 14.5 Å². The van der Waals surface area contributed by atoms with E-state index in [2.05, 4.69) is 15.9 Å². The number of amides is 1. The first-order valence-corrected chi connectivity index (χ1v) is 6.28. The van der Waals surface area contributed by atoms with E-state index in [9.17, 15) is 14.9 Å². The molecule has 0 radical (unpaired) electrons. The number of ether oxygens (including phenoxy) is 1. The molecular formula is C13H9BrN2O4.